The third kappa shape index (κ3) is 5.37. The summed E-state index contributed by atoms with van der Waals surface area (Å²) in [6.45, 7) is 4.45. The molecule has 1 saturated heterocycles. The molecule has 3 rings (SSSR count). The van der Waals surface area contributed by atoms with Crippen molar-refractivity contribution in [2.24, 2.45) is 0 Å². The van der Waals surface area contributed by atoms with E-state index >= 15 is 0 Å². The zero-order chi connectivity index (χ0) is 17.7. The van der Waals surface area contributed by atoms with E-state index in [1.54, 1.807) is 6.07 Å². The number of nitrogens with zero attached hydrogens (tertiary/aromatic N) is 1. The fourth-order valence-corrected chi connectivity index (χ4v) is 3.93. The second-order valence-electron chi connectivity index (χ2n) is 6.35. The maximum absolute atomic E-state index is 12.1. The van der Waals surface area contributed by atoms with Crippen LogP contribution in [0.2, 0.25) is 0 Å². The van der Waals surface area contributed by atoms with E-state index in [2.05, 4.69) is 27.7 Å². The van der Waals surface area contributed by atoms with Crippen LogP contribution in [0.5, 0.6) is 0 Å². The van der Waals surface area contributed by atoms with Crippen LogP contribution in [0.3, 0.4) is 0 Å². The number of sulfone groups is 1. The van der Waals surface area contributed by atoms with E-state index in [1.165, 1.54) is 11.8 Å². The topological polar surface area (TPSA) is 61.4 Å². The Balaban J connectivity index is 0.00000243. The van der Waals surface area contributed by atoms with Crippen molar-refractivity contribution in [3.63, 3.8) is 0 Å². The van der Waals surface area contributed by atoms with Gasteiger partial charge in [0.1, 0.15) is 0 Å². The average Bonchev–Trinajstić information content (AvgIpc) is 2.62. The van der Waals surface area contributed by atoms with Crippen LogP contribution in [0, 0.1) is 0 Å². The molecule has 0 saturated carbocycles. The van der Waals surface area contributed by atoms with Gasteiger partial charge in [-0.2, -0.15) is 0 Å². The van der Waals surface area contributed by atoms with E-state index < -0.39 is 9.84 Å². The molecule has 142 valence electrons. The Hall–Kier alpha value is -1.76. The van der Waals surface area contributed by atoms with Gasteiger partial charge in [0.2, 0.25) is 0 Å². The summed E-state index contributed by atoms with van der Waals surface area (Å²) < 4.78 is 24.2. The molecule has 2 N–H and O–H groups in total. The second kappa shape index (κ2) is 9.26. The summed E-state index contributed by atoms with van der Waals surface area (Å²) in [6.07, 6.45) is 2.11. The number of rotatable bonds is 6. The van der Waals surface area contributed by atoms with E-state index in [4.69, 9.17) is 0 Å². The molecule has 0 atom stereocenters. The van der Waals surface area contributed by atoms with E-state index in [9.17, 15) is 8.42 Å². The van der Waals surface area contributed by atoms with Crippen molar-refractivity contribution in [2.75, 3.05) is 49.2 Å². The number of hydrogen-bond acceptors (Lipinski definition) is 5. The quantitative estimate of drug-likeness (QED) is 0.787. The molecule has 2 aromatic carbocycles. The first kappa shape index (κ1) is 20.6. The van der Waals surface area contributed by atoms with Crippen LogP contribution in [0.4, 0.5) is 11.4 Å². The molecule has 1 fully saturated rings. The number of piperazine rings is 1. The largest absolute Gasteiger partial charge is 0.384 e. The fraction of sp³-hybridized carbons (Fsp3) is 0.368. The molecule has 0 unspecified atom stereocenters. The first-order valence-electron chi connectivity index (χ1n) is 8.61. The Morgan fingerprint density at radius 2 is 1.77 bits per heavy atom. The highest BCUT2D eigenvalue weighted by Gasteiger charge is 2.17. The minimum absolute atomic E-state index is 0. The first-order valence-corrected chi connectivity index (χ1v) is 10.5. The Bertz CT molecular complexity index is 807. The molecule has 0 radical (unpaired) electrons. The summed E-state index contributed by atoms with van der Waals surface area (Å²) in [5.74, 6) is 0. The molecule has 0 bridgehead atoms. The van der Waals surface area contributed by atoms with Gasteiger partial charge in [0.05, 0.1) is 10.6 Å². The first-order chi connectivity index (χ1) is 12.0. The fourth-order valence-electron chi connectivity index (χ4n) is 3.09. The van der Waals surface area contributed by atoms with E-state index in [0.717, 1.165) is 38.3 Å². The smallest absolute Gasteiger partial charge is 0.177 e. The Kier molecular flexibility index (Phi) is 7.32. The molecular weight excluding hydrogens is 370 g/mol. The molecular formula is C19H26ClN3O2S. The minimum atomic E-state index is -3.27. The van der Waals surface area contributed by atoms with Crippen molar-refractivity contribution in [1.29, 1.82) is 0 Å². The average molecular weight is 396 g/mol. The van der Waals surface area contributed by atoms with Gasteiger partial charge >= 0.3 is 0 Å². The number of benzene rings is 2. The SMILES string of the molecule is CS(=O)(=O)c1ccc(N2CCNCC2)cc1NCCc1ccccc1.Cl. The molecule has 1 heterocycles. The van der Waals surface area contributed by atoms with Gasteiger partial charge in [-0.1, -0.05) is 30.3 Å². The number of hydrogen-bond donors (Lipinski definition) is 2. The molecule has 0 spiro atoms. The van der Waals surface area contributed by atoms with Gasteiger partial charge in [0, 0.05) is 44.7 Å². The molecule has 0 amide bonds. The Morgan fingerprint density at radius 3 is 2.42 bits per heavy atom. The summed E-state index contributed by atoms with van der Waals surface area (Å²) >= 11 is 0. The zero-order valence-corrected chi connectivity index (χ0v) is 16.6. The van der Waals surface area contributed by atoms with Crippen molar-refractivity contribution in [2.45, 2.75) is 11.3 Å². The summed E-state index contributed by atoms with van der Waals surface area (Å²) in [6, 6.07) is 15.8. The van der Waals surface area contributed by atoms with E-state index in [1.807, 2.05) is 30.3 Å². The highest BCUT2D eigenvalue weighted by molar-refractivity contribution is 7.90. The van der Waals surface area contributed by atoms with Crippen molar-refractivity contribution < 1.29 is 8.42 Å². The number of halogens is 1. The Labute approximate surface area is 162 Å². The van der Waals surface area contributed by atoms with E-state index in [-0.39, 0.29) is 12.4 Å². The maximum atomic E-state index is 12.1. The van der Waals surface area contributed by atoms with Gasteiger partial charge in [0.15, 0.2) is 9.84 Å². The van der Waals surface area contributed by atoms with Crippen LogP contribution in [-0.2, 0) is 16.3 Å². The van der Waals surface area contributed by atoms with Crippen LogP contribution >= 0.6 is 12.4 Å². The molecule has 1 aliphatic rings. The molecule has 2 aromatic rings. The lowest BCUT2D eigenvalue weighted by atomic mass is 10.1. The predicted molar refractivity (Wildman–Crippen MR) is 111 cm³/mol. The lowest BCUT2D eigenvalue weighted by Gasteiger charge is -2.30. The van der Waals surface area contributed by atoms with Crippen molar-refractivity contribution in [3.05, 3.63) is 54.1 Å². The lowest BCUT2D eigenvalue weighted by molar-refractivity contribution is 0.589. The van der Waals surface area contributed by atoms with Crippen LogP contribution in [0.15, 0.2) is 53.4 Å². The van der Waals surface area contributed by atoms with Gasteiger partial charge in [-0.25, -0.2) is 8.42 Å². The summed E-state index contributed by atoms with van der Waals surface area (Å²) in [4.78, 5) is 2.64. The second-order valence-corrected chi connectivity index (χ2v) is 8.34. The highest BCUT2D eigenvalue weighted by atomic mass is 35.5. The van der Waals surface area contributed by atoms with Gasteiger partial charge < -0.3 is 15.5 Å². The summed E-state index contributed by atoms with van der Waals surface area (Å²) in [7, 11) is -3.27. The Morgan fingerprint density at radius 1 is 1.08 bits per heavy atom. The van der Waals surface area contributed by atoms with Gasteiger partial charge in [-0.3, -0.25) is 0 Å². The predicted octanol–water partition coefficient (Wildman–Crippen LogP) is 2.58. The third-order valence-electron chi connectivity index (χ3n) is 4.42. The third-order valence-corrected chi connectivity index (χ3v) is 5.57. The number of nitrogens with one attached hydrogen (secondary N) is 2. The van der Waals surface area contributed by atoms with Crippen LogP contribution in [-0.4, -0.2) is 47.4 Å². The maximum Gasteiger partial charge on any atom is 0.177 e. The van der Waals surface area contributed by atoms with Crippen LogP contribution in [0.25, 0.3) is 0 Å². The number of anilines is 2. The standard InChI is InChI=1S/C19H25N3O2S.ClH/c1-25(23,24)19-8-7-17(22-13-11-20-12-14-22)15-18(19)21-10-9-16-5-3-2-4-6-16;/h2-8,15,20-21H,9-14H2,1H3;1H. The normalized spacial score (nSPS) is 14.6. The molecule has 0 aromatic heterocycles. The molecule has 0 aliphatic carbocycles. The summed E-state index contributed by atoms with van der Waals surface area (Å²) in [5.41, 5.74) is 2.99. The van der Waals surface area contributed by atoms with Gasteiger partial charge in [0.25, 0.3) is 0 Å². The van der Waals surface area contributed by atoms with Crippen LogP contribution < -0.4 is 15.5 Å². The monoisotopic (exact) mass is 395 g/mol. The van der Waals surface area contributed by atoms with Crippen molar-refractivity contribution >= 4 is 33.6 Å². The zero-order valence-electron chi connectivity index (χ0n) is 14.9. The van der Waals surface area contributed by atoms with Gasteiger partial charge in [-0.05, 0) is 30.2 Å². The van der Waals surface area contributed by atoms with E-state index in [0.29, 0.717) is 17.1 Å². The summed E-state index contributed by atoms with van der Waals surface area (Å²) in [5, 5.41) is 6.66. The van der Waals surface area contributed by atoms with Crippen molar-refractivity contribution in [3.8, 4) is 0 Å². The van der Waals surface area contributed by atoms with Crippen molar-refractivity contribution in [1.82, 2.24) is 5.32 Å². The van der Waals surface area contributed by atoms with Crippen LogP contribution in [0.1, 0.15) is 5.56 Å². The lowest BCUT2D eigenvalue weighted by Crippen LogP contribution is -2.43. The molecule has 7 heteroatoms. The minimum Gasteiger partial charge on any atom is -0.384 e. The highest BCUT2D eigenvalue weighted by Crippen LogP contribution is 2.27. The molecule has 5 nitrogen and oxygen atoms in total. The molecule has 26 heavy (non-hydrogen) atoms. The molecule has 1 aliphatic heterocycles. The van der Waals surface area contributed by atoms with Gasteiger partial charge in [-0.15, -0.1) is 12.4 Å².